The van der Waals surface area contributed by atoms with E-state index in [0.717, 1.165) is 29.2 Å². The number of rotatable bonds is 5. The van der Waals surface area contributed by atoms with Crippen molar-refractivity contribution >= 4 is 10.9 Å². The Bertz CT molecular complexity index is 1440. The quantitative estimate of drug-likeness (QED) is 0.498. The number of ether oxygens (including phenoxy) is 1. The summed E-state index contributed by atoms with van der Waals surface area (Å²) in [5.74, 6) is 0.746. The Morgan fingerprint density at radius 3 is 2.21 bits per heavy atom. The number of quaternary nitrogens is 1. The van der Waals surface area contributed by atoms with Crippen LogP contribution in [0.15, 0.2) is 64.3 Å². The summed E-state index contributed by atoms with van der Waals surface area (Å²) in [6, 6.07) is 16.2. The molecule has 1 aliphatic rings. The number of nitrogens with zero attached hydrogens (tertiary/aromatic N) is 3. The zero-order valence-electron chi connectivity index (χ0n) is 20.0. The van der Waals surface area contributed by atoms with Crippen LogP contribution in [0.5, 0.6) is 5.75 Å². The van der Waals surface area contributed by atoms with Crippen molar-refractivity contribution in [1.29, 1.82) is 0 Å². The summed E-state index contributed by atoms with van der Waals surface area (Å²) in [5.41, 5.74) is 3.89. The van der Waals surface area contributed by atoms with E-state index >= 15 is 0 Å². The van der Waals surface area contributed by atoms with E-state index in [1.54, 1.807) is 19.1 Å². The summed E-state index contributed by atoms with van der Waals surface area (Å²) in [5, 5.41) is 0.525. The fourth-order valence-electron chi connectivity index (χ4n) is 5.07. The molecule has 0 saturated carbocycles. The molecule has 7 heteroatoms. The van der Waals surface area contributed by atoms with Gasteiger partial charge in [0.25, 0.3) is 5.56 Å². The first-order chi connectivity index (χ1) is 16.5. The van der Waals surface area contributed by atoms with Crippen LogP contribution in [0.2, 0.25) is 0 Å². The first kappa shape index (κ1) is 22.2. The van der Waals surface area contributed by atoms with Gasteiger partial charge >= 0.3 is 5.69 Å². The largest absolute Gasteiger partial charge is 0.497 e. The van der Waals surface area contributed by atoms with Gasteiger partial charge in [-0.15, -0.1) is 0 Å². The third-order valence-electron chi connectivity index (χ3n) is 7.03. The molecule has 0 amide bonds. The van der Waals surface area contributed by atoms with Crippen molar-refractivity contribution < 1.29 is 9.64 Å². The van der Waals surface area contributed by atoms with Gasteiger partial charge < -0.3 is 14.2 Å². The van der Waals surface area contributed by atoms with Crippen molar-refractivity contribution in [2.45, 2.75) is 25.8 Å². The SMILES string of the molecule is COc1ccc(-c2c3c(=O)n(C)c(=O)n(C)c3cn2-c2ccc(C[NH+]3CCCCC3)cc2)cc1. The highest BCUT2D eigenvalue weighted by molar-refractivity contribution is 5.94. The molecule has 7 nitrogen and oxygen atoms in total. The van der Waals surface area contributed by atoms with Gasteiger partial charge in [0.15, 0.2) is 0 Å². The first-order valence-electron chi connectivity index (χ1n) is 11.9. The molecule has 0 spiro atoms. The van der Waals surface area contributed by atoms with Crippen LogP contribution in [0.1, 0.15) is 24.8 Å². The van der Waals surface area contributed by atoms with Crippen LogP contribution in [0.25, 0.3) is 27.8 Å². The van der Waals surface area contributed by atoms with E-state index in [9.17, 15) is 9.59 Å². The number of piperidine rings is 1. The highest BCUT2D eigenvalue weighted by Gasteiger charge is 2.20. The third-order valence-corrected chi connectivity index (χ3v) is 7.03. The van der Waals surface area contributed by atoms with Crippen LogP contribution >= 0.6 is 0 Å². The third kappa shape index (κ3) is 3.86. The molecule has 2 aromatic heterocycles. The van der Waals surface area contributed by atoms with E-state index in [4.69, 9.17) is 4.74 Å². The maximum absolute atomic E-state index is 13.2. The Kier molecular flexibility index (Phi) is 5.87. The number of aryl methyl sites for hydroxylation is 1. The van der Waals surface area contributed by atoms with Crippen LogP contribution in [0, 0.1) is 0 Å². The molecular formula is C27H31N4O3+. The zero-order valence-corrected chi connectivity index (χ0v) is 20.0. The average Bonchev–Trinajstić information content (AvgIpc) is 3.28. The van der Waals surface area contributed by atoms with Crippen molar-refractivity contribution in [3.05, 3.63) is 81.1 Å². The van der Waals surface area contributed by atoms with Crippen molar-refractivity contribution in [2.24, 2.45) is 14.1 Å². The average molecular weight is 460 g/mol. The predicted molar refractivity (Wildman–Crippen MR) is 134 cm³/mol. The second-order valence-electron chi connectivity index (χ2n) is 9.20. The number of aromatic nitrogens is 3. The predicted octanol–water partition coefficient (Wildman–Crippen LogP) is 2.27. The topological polar surface area (TPSA) is 62.6 Å². The number of hydrogen-bond acceptors (Lipinski definition) is 3. The van der Waals surface area contributed by atoms with Crippen molar-refractivity contribution in [3.63, 3.8) is 0 Å². The highest BCUT2D eigenvalue weighted by atomic mass is 16.5. The standard InChI is InChI=1S/C27H30N4O3/c1-28-23-18-31(21-11-7-19(8-12-21)17-30-15-5-4-6-16-30)25(20-9-13-22(34-3)14-10-20)24(23)26(32)29(2)27(28)33/h7-14,18H,4-6,15-17H2,1-3H3/p+1. The zero-order chi connectivity index (χ0) is 23.8. The second-order valence-corrected chi connectivity index (χ2v) is 9.20. The van der Waals surface area contributed by atoms with Crippen LogP contribution in [0.3, 0.4) is 0 Å². The van der Waals surface area contributed by atoms with Crippen LogP contribution in [0.4, 0.5) is 0 Å². The Hall–Kier alpha value is -3.58. The molecule has 0 radical (unpaired) electrons. The number of likely N-dealkylation sites (tertiary alicyclic amines) is 1. The van der Waals surface area contributed by atoms with Gasteiger partial charge in [0, 0.05) is 31.5 Å². The monoisotopic (exact) mass is 459 g/mol. The Balaban J connectivity index is 1.65. The molecule has 5 rings (SSSR count). The minimum atomic E-state index is -0.337. The molecule has 0 atom stereocenters. The maximum Gasteiger partial charge on any atom is 0.330 e. The minimum Gasteiger partial charge on any atom is -0.497 e. The number of methoxy groups -OCH3 is 1. The maximum atomic E-state index is 13.2. The van der Waals surface area contributed by atoms with Gasteiger partial charge in [0.05, 0.1) is 36.8 Å². The molecule has 1 fully saturated rings. The van der Waals surface area contributed by atoms with Crippen molar-refractivity contribution in [2.75, 3.05) is 20.2 Å². The molecule has 0 aliphatic carbocycles. The van der Waals surface area contributed by atoms with E-state index in [0.29, 0.717) is 10.9 Å². The van der Waals surface area contributed by atoms with Crippen LogP contribution < -0.4 is 20.9 Å². The van der Waals surface area contributed by atoms with Crippen LogP contribution in [-0.2, 0) is 20.6 Å². The first-order valence-corrected chi connectivity index (χ1v) is 11.9. The molecule has 0 unspecified atom stereocenters. The molecule has 3 heterocycles. The molecule has 34 heavy (non-hydrogen) atoms. The summed E-state index contributed by atoms with van der Waals surface area (Å²) in [6.07, 6.45) is 5.85. The van der Waals surface area contributed by atoms with E-state index in [2.05, 4.69) is 24.3 Å². The van der Waals surface area contributed by atoms with Gasteiger partial charge in [-0.1, -0.05) is 12.1 Å². The van der Waals surface area contributed by atoms with Gasteiger partial charge in [-0.3, -0.25) is 13.9 Å². The number of hydrogen-bond donors (Lipinski definition) is 1. The second kappa shape index (κ2) is 8.99. The summed E-state index contributed by atoms with van der Waals surface area (Å²) in [7, 11) is 4.86. The molecule has 1 N–H and O–H groups in total. The van der Waals surface area contributed by atoms with E-state index < -0.39 is 0 Å². The van der Waals surface area contributed by atoms with E-state index in [1.165, 1.54) is 54.1 Å². The minimum absolute atomic E-state index is 0.298. The fraction of sp³-hybridized carbons (Fsp3) is 0.333. The summed E-state index contributed by atoms with van der Waals surface area (Å²) < 4.78 is 10.0. The lowest BCUT2D eigenvalue weighted by molar-refractivity contribution is -0.918. The van der Waals surface area contributed by atoms with Gasteiger partial charge in [-0.05, 0) is 61.2 Å². The Labute approximate surface area is 198 Å². The molecular weight excluding hydrogens is 428 g/mol. The van der Waals surface area contributed by atoms with Crippen molar-refractivity contribution in [1.82, 2.24) is 13.7 Å². The van der Waals surface area contributed by atoms with Gasteiger partial charge in [-0.2, -0.15) is 0 Å². The fourth-order valence-corrected chi connectivity index (χ4v) is 5.07. The number of nitrogens with one attached hydrogen (secondary N) is 1. The molecule has 2 aromatic carbocycles. The van der Waals surface area contributed by atoms with E-state index in [-0.39, 0.29) is 11.2 Å². The normalized spacial score (nSPS) is 14.6. The molecule has 0 bridgehead atoms. The molecule has 1 saturated heterocycles. The Morgan fingerprint density at radius 2 is 1.56 bits per heavy atom. The lowest BCUT2D eigenvalue weighted by Crippen LogP contribution is -3.11. The number of benzene rings is 2. The lowest BCUT2D eigenvalue weighted by Gasteiger charge is -2.23. The van der Waals surface area contributed by atoms with Crippen LogP contribution in [-0.4, -0.2) is 33.9 Å². The lowest BCUT2D eigenvalue weighted by atomic mass is 10.1. The summed E-state index contributed by atoms with van der Waals surface area (Å²) in [4.78, 5) is 27.5. The van der Waals surface area contributed by atoms with Gasteiger partial charge in [-0.25, -0.2) is 4.79 Å². The number of fused-ring (bicyclic) bond motifs is 1. The van der Waals surface area contributed by atoms with Gasteiger partial charge in [0.1, 0.15) is 12.3 Å². The highest BCUT2D eigenvalue weighted by Crippen LogP contribution is 2.32. The van der Waals surface area contributed by atoms with Gasteiger partial charge in [0.2, 0.25) is 0 Å². The molecule has 176 valence electrons. The smallest absolute Gasteiger partial charge is 0.330 e. The summed E-state index contributed by atoms with van der Waals surface area (Å²) in [6.45, 7) is 3.52. The van der Waals surface area contributed by atoms with Crippen molar-refractivity contribution in [3.8, 4) is 22.7 Å². The summed E-state index contributed by atoms with van der Waals surface area (Å²) >= 11 is 0. The van der Waals surface area contributed by atoms with E-state index in [1.807, 2.05) is 35.0 Å². The Morgan fingerprint density at radius 1 is 0.882 bits per heavy atom. The molecule has 1 aliphatic heterocycles. The molecule has 4 aromatic rings.